The van der Waals surface area contributed by atoms with Crippen molar-refractivity contribution in [3.05, 3.63) is 65.5 Å². The van der Waals surface area contributed by atoms with Crippen LogP contribution in [-0.4, -0.2) is 77.0 Å². The normalized spacial score (nSPS) is 27.3. The predicted molar refractivity (Wildman–Crippen MR) is 124 cm³/mol. The van der Waals surface area contributed by atoms with Gasteiger partial charge >= 0.3 is 0 Å². The van der Waals surface area contributed by atoms with E-state index >= 15 is 0 Å². The highest BCUT2D eigenvalue weighted by atomic mass is 16.5. The second kappa shape index (κ2) is 10.2. The fourth-order valence-corrected chi connectivity index (χ4v) is 5.39. The third-order valence-electron chi connectivity index (χ3n) is 7.00. The van der Waals surface area contributed by atoms with Crippen molar-refractivity contribution in [2.24, 2.45) is 0 Å². The molecule has 0 saturated carbocycles. The molecular weight excluding hydrogens is 434 g/mol. The van der Waals surface area contributed by atoms with Crippen LogP contribution in [0.2, 0.25) is 0 Å². The lowest BCUT2D eigenvalue weighted by molar-refractivity contribution is -0.151. The summed E-state index contributed by atoms with van der Waals surface area (Å²) >= 11 is 0. The van der Waals surface area contributed by atoms with Gasteiger partial charge in [-0.1, -0.05) is 24.3 Å². The summed E-state index contributed by atoms with van der Waals surface area (Å²) in [6.07, 6.45) is 5.20. The minimum Gasteiger partial charge on any atom is -0.389 e. The van der Waals surface area contributed by atoms with Gasteiger partial charge in [0, 0.05) is 30.5 Å². The molecule has 34 heavy (non-hydrogen) atoms. The summed E-state index contributed by atoms with van der Waals surface area (Å²) in [4.78, 5) is 31.7. The Hall–Kier alpha value is -2.81. The Morgan fingerprint density at radius 1 is 1.06 bits per heavy atom. The van der Waals surface area contributed by atoms with Crippen molar-refractivity contribution < 1.29 is 24.2 Å². The van der Waals surface area contributed by atoms with Crippen LogP contribution < -0.4 is 5.32 Å². The summed E-state index contributed by atoms with van der Waals surface area (Å²) in [6, 6.07) is 11.6. The number of pyridine rings is 1. The molecule has 2 amide bonds. The Morgan fingerprint density at radius 2 is 1.79 bits per heavy atom. The van der Waals surface area contributed by atoms with Gasteiger partial charge in [-0.2, -0.15) is 0 Å². The molecule has 2 fully saturated rings. The number of ether oxygens (including phenoxy) is 2. The van der Waals surface area contributed by atoms with E-state index in [1.54, 1.807) is 29.4 Å². The molecular formula is C26H31N3O5. The molecule has 5 rings (SSSR count). The topological polar surface area (TPSA) is 101 Å². The van der Waals surface area contributed by atoms with Gasteiger partial charge in [-0.15, -0.1) is 0 Å². The van der Waals surface area contributed by atoms with Crippen LogP contribution in [0.4, 0.5) is 0 Å². The number of hydrogen-bond donors (Lipinski definition) is 2. The van der Waals surface area contributed by atoms with Crippen molar-refractivity contribution in [1.82, 2.24) is 15.2 Å². The zero-order chi connectivity index (χ0) is 23.5. The zero-order valence-electron chi connectivity index (χ0n) is 19.1. The highest BCUT2D eigenvalue weighted by Crippen LogP contribution is 2.29. The Labute approximate surface area is 199 Å². The number of amides is 2. The van der Waals surface area contributed by atoms with Crippen LogP contribution in [0.1, 0.15) is 40.7 Å². The van der Waals surface area contributed by atoms with Crippen LogP contribution in [0.25, 0.3) is 0 Å². The third kappa shape index (κ3) is 5.14. The zero-order valence-corrected chi connectivity index (χ0v) is 19.1. The van der Waals surface area contributed by atoms with Crippen molar-refractivity contribution in [3.8, 4) is 0 Å². The van der Waals surface area contributed by atoms with E-state index in [9.17, 15) is 14.7 Å². The standard InChI is InChI=1S/C26H31N3O5/c30-21-14-29(26(32)17-7-9-27-10-8-17)23-6-5-22(34-24(23)16-33-15-21)13-25(31)28-20-11-18-3-1-2-4-19(18)12-20/h1-4,7-10,20-24,30H,5-6,11-16H2,(H,28,31)/t21-,22+,23-,24+/m0/s1. The van der Waals surface area contributed by atoms with Gasteiger partial charge in [-0.25, -0.2) is 0 Å². The summed E-state index contributed by atoms with van der Waals surface area (Å²) in [5.74, 6) is -0.160. The van der Waals surface area contributed by atoms with Gasteiger partial charge in [-0.05, 0) is 48.9 Å². The second-order valence-corrected chi connectivity index (χ2v) is 9.47. The quantitative estimate of drug-likeness (QED) is 0.710. The van der Waals surface area contributed by atoms with E-state index in [1.807, 2.05) is 12.1 Å². The number of β-amino-alcohol motifs (C(OH)–C–C–N with tert-alkyl or cyclic N) is 1. The predicted octanol–water partition coefficient (Wildman–Crippen LogP) is 1.50. The van der Waals surface area contributed by atoms with Crippen LogP contribution in [-0.2, 0) is 27.1 Å². The SMILES string of the molecule is O=C(C[C@H]1CC[C@H]2[C@@H](COC[C@@H](O)CN2C(=O)c2ccncc2)O1)NC1Cc2ccccc2C1. The van der Waals surface area contributed by atoms with E-state index in [4.69, 9.17) is 9.47 Å². The molecule has 0 bridgehead atoms. The molecule has 2 N–H and O–H groups in total. The first-order chi connectivity index (χ1) is 16.6. The van der Waals surface area contributed by atoms with Crippen molar-refractivity contribution in [1.29, 1.82) is 0 Å². The van der Waals surface area contributed by atoms with Gasteiger partial charge in [0.15, 0.2) is 0 Å². The molecule has 4 atom stereocenters. The maximum Gasteiger partial charge on any atom is 0.254 e. The molecule has 8 nitrogen and oxygen atoms in total. The van der Waals surface area contributed by atoms with Crippen LogP contribution in [0.5, 0.6) is 0 Å². The second-order valence-electron chi connectivity index (χ2n) is 9.47. The molecule has 0 unspecified atom stereocenters. The maximum absolute atomic E-state index is 13.2. The lowest BCUT2D eigenvalue weighted by Gasteiger charge is -2.44. The molecule has 2 aliphatic heterocycles. The molecule has 0 radical (unpaired) electrons. The highest BCUT2D eigenvalue weighted by molar-refractivity contribution is 5.94. The number of nitrogens with zero attached hydrogens (tertiary/aromatic N) is 2. The first-order valence-corrected chi connectivity index (χ1v) is 12.0. The van der Waals surface area contributed by atoms with Crippen LogP contribution in [0.3, 0.4) is 0 Å². The van der Waals surface area contributed by atoms with E-state index in [1.165, 1.54) is 11.1 Å². The number of rotatable bonds is 4. The number of aliphatic hydroxyl groups excluding tert-OH is 1. The number of fused-ring (bicyclic) bond motifs is 2. The Balaban J connectivity index is 1.20. The van der Waals surface area contributed by atoms with E-state index in [2.05, 4.69) is 22.4 Å². The van der Waals surface area contributed by atoms with Crippen LogP contribution in [0.15, 0.2) is 48.8 Å². The van der Waals surface area contributed by atoms with Gasteiger partial charge in [-0.3, -0.25) is 14.6 Å². The van der Waals surface area contributed by atoms with Gasteiger partial charge in [0.25, 0.3) is 5.91 Å². The Bertz CT molecular complexity index is 992. The van der Waals surface area contributed by atoms with Gasteiger partial charge < -0.3 is 24.8 Å². The molecule has 1 aliphatic carbocycles. The number of nitrogens with one attached hydrogen (secondary N) is 1. The molecule has 2 saturated heterocycles. The summed E-state index contributed by atoms with van der Waals surface area (Å²) < 4.78 is 12.0. The average Bonchev–Trinajstić information content (AvgIpc) is 3.24. The fourth-order valence-electron chi connectivity index (χ4n) is 5.39. The number of aliphatic hydroxyl groups is 1. The van der Waals surface area contributed by atoms with Crippen molar-refractivity contribution in [2.45, 2.75) is 62.5 Å². The molecule has 3 heterocycles. The highest BCUT2D eigenvalue weighted by Gasteiger charge is 2.40. The molecule has 8 heteroatoms. The van der Waals surface area contributed by atoms with E-state index in [-0.39, 0.29) is 62.3 Å². The number of carbonyl (C=O) groups excluding carboxylic acids is 2. The van der Waals surface area contributed by atoms with E-state index in [0.29, 0.717) is 18.4 Å². The molecule has 0 spiro atoms. The first-order valence-electron chi connectivity index (χ1n) is 12.0. The monoisotopic (exact) mass is 465 g/mol. The van der Waals surface area contributed by atoms with E-state index in [0.717, 1.165) is 12.8 Å². The van der Waals surface area contributed by atoms with Crippen molar-refractivity contribution in [2.75, 3.05) is 19.8 Å². The van der Waals surface area contributed by atoms with Gasteiger partial charge in [0.1, 0.15) is 6.10 Å². The third-order valence-corrected chi connectivity index (χ3v) is 7.00. The number of hydrogen-bond acceptors (Lipinski definition) is 6. The first kappa shape index (κ1) is 23.0. The number of benzene rings is 1. The lowest BCUT2D eigenvalue weighted by atomic mass is 9.94. The minimum absolute atomic E-state index is 0.00633. The summed E-state index contributed by atoms with van der Waals surface area (Å²) in [7, 11) is 0. The summed E-state index contributed by atoms with van der Waals surface area (Å²) in [6.45, 7) is 0.594. The van der Waals surface area contributed by atoms with Gasteiger partial charge in [0.05, 0.1) is 37.9 Å². The molecule has 3 aliphatic rings. The lowest BCUT2D eigenvalue weighted by Crippen LogP contribution is -2.57. The number of carbonyl (C=O) groups is 2. The Morgan fingerprint density at radius 3 is 2.53 bits per heavy atom. The smallest absolute Gasteiger partial charge is 0.254 e. The Kier molecular flexibility index (Phi) is 6.89. The molecule has 1 aromatic carbocycles. The summed E-state index contributed by atoms with van der Waals surface area (Å²) in [5, 5.41) is 13.5. The average molecular weight is 466 g/mol. The molecule has 2 aromatic rings. The van der Waals surface area contributed by atoms with Crippen LogP contribution >= 0.6 is 0 Å². The summed E-state index contributed by atoms with van der Waals surface area (Å²) in [5.41, 5.74) is 3.14. The minimum atomic E-state index is -0.759. The molecule has 180 valence electrons. The maximum atomic E-state index is 13.2. The van der Waals surface area contributed by atoms with Crippen LogP contribution in [0, 0.1) is 0 Å². The van der Waals surface area contributed by atoms with E-state index < -0.39 is 6.10 Å². The van der Waals surface area contributed by atoms with Crippen molar-refractivity contribution >= 4 is 11.8 Å². The number of aromatic nitrogens is 1. The van der Waals surface area contributed by atoms with Crippen molar-refractivity contribution in [3.63, 3.8) is 0 Å². The molecule has 1 aromatic heterocycles. The van der Waals surface area contributed by atoms with Gasteiger partial charge in [0.2, 0.25) is 5.91 Å². The largest absolute Gasteiger partial charge is 0.389 e. The fraction of sp³-hybridized carbons (Fsp3) is 0.500.